The van der Waals surface area contributed by atoms with Crippen molar-refractivity contribution in [1.82, 2.24) is 0 Å². The molecule has 0 atom stereocenters. The minimum Gasteiger partial charge on any atom is -0.380 e. The lowest BCUT2D eigenvalue weighted by Gasteiger charge is -2.11. The van der Waals surface area contributed by atoms with Crippen LogP contribution in [0.15, 0.2) is 46.9 Å². The van der Waals surface area contributed by atoms with E-state index in [4.69, 9.17) is 5.73 Å². The maximum absolute atomic E-state index is 13.0. The lowest BCUT2D eigenvalue weighted by molar-refractivity contribution is 0.0999. The number of carbonyl (C=O) groups is 1. The molecule has 0 saturated heterocycles. The van der Waals surface area contributed by atoms with Gasteiger partial charge < -0.3 is 11.1 Å². The third-order valence-corrected chi connectivity index (χ3v) is 3.34. The average molecular weight is 323 g/mol. The van der Waals surface area contributed by atoms with E-state index in [2.05, 4.69) is 21.2 Å². The summed E-state index contributed by atoms with van der Waals surface area (Å²) in [5.74, 6) is -0.773. The standard InChI is InChI=1S/C14H12BrFN2O/c15-12-7-10(16)5-6-13(12)18-8-9-3-1-2-4-11(9)14(17)19/h1-7,18H,8H2,(H2,17,19). The number of hydrogen-bond acceptors (Lipinski definition) is 2. The number of anilines is 1. The lowest BCUT2D eigenvalue weighted by Crippen LogP contribution is -2.15. The second kappa shape index (κ2) is 5.84. The maximum Gasteiger partial charge on any atom is 0.249 e. The molecule has 0 unspecified atom stereocenters. The molecule has 1 amide bonds. The Labute approximate surface area is 118 Å². The molecule has 3 nitrogen and oxygen atoms in total. The number of halogens is 2. The summed E-state index contributed by atoms with van der Waals surface area (Å²) in [4.78, 5) is 11.3. The predicted molar refractivity (Wildman–Crippen MR) is 76.4 cm³/mol. The third-order valence-electron chi connectivity index (χ3n) is 2.68. The molecule has 0 heterocycles. The molecule has 0 aliphatic rings. The molecule has 98 valence electrons. The Morgan fingerprint density at radius 2 is 2.00 bits per heavy atom. The highest BCUT2D eigenvalue weighted by atomic mass is 79.9. The summed E-state index contributed by atoms with van der Waals surface area (Å²) in [6.45, 7) is 0.434. The van der Waals surface area contributed by atoms with Gasteiger partial charge >= 0.3 is 0 Å². The van der Waals surface area contributed by atoms with E-state index in [1.54, 1.807) is 18.2 Å². The zero-order chi connectivity index (χ0) is 13.8. The van der Waals surface area contributed by atoms with E-state index in [-0.39, 0.29) is 5.82 Å². The molecule has 5 heteroatoms. The van der Waals surface area contributed by atoms with Crippen molar-refractivity contribution in [2.45, 2.75) is 6.54 Å². The molecule has 2 aromatic rings. The Balaban J connectivity index is 2.17. The fourth-order valence-electron chi connectivity index (χ4n) is 1.74. The second-order valence-electron chi connectivity index (χ2n) is 4.00. The van der Waals surface area contributed by atoms with Gasteiger partial charge in [0.05, 0.1) is 0 Å². The van der Waals surface area contributed by atoms with E-state index in [1.165, 1.54) is 12.1 Å². The number of nitrogens with one attached hydrogen (secondary N) is 1. The first-order valence-electron chi connectivity index (χ1n) is 5.64. The molecule has 3 N–H and O–H groups in total. The van der Waals surface area contributed by atoms with Crippen molar-refractivity contribution in [3.05, 3.63) is 63.9 Å². The first-order valence-corrected chi connectivity index (χ1v) is 6.44. The number of carbonyl (C=O) groups excluding carboxylic acids is 1. The molecule has 0 aliphatic carbocycles. The Bertz CT molecular complexity index is 616. The van der Waals surface area contributed by atoms with Gasteiger partial charge in [-0.15, -0.1) is 0 Å². The first kappa shape index (κ1) is 13.5. The summed E-state index contributed by atoms with van der Waals surface area (Å²) in [5.41, 5.74) is 7.34. The van der Waals surface area contributed by atoms with Gasteiger partial charge in [0.2, 0.25) is 5.91 Å². The Hall–Kier alpha value is -1.88. The number of primary amides is 1. The van der Waals surface area contributed by atoms with Crippen molar-refractivity contribution in [2.24, 2.45) is 5.73 Å². The largest absolute Gasteiger partial charge is 0.380 e. The van der Waals surface area contributed by atoms with Crippen molar-refractivity contribution in [1.29, 1.82) is 0 Å². The van der Waals surface area contributed by atoms with Crippen LogP contribution in [-0.2, 0) is 6.54 Å². The average Bonchev–Trinajstić information content (AvgIpc) is 2.38. The van der Waals surface area contributed by atoms with E-state index in [0.717, 1.165) is 11.3 Å². The molecule has 0 aliphatic heterocycles. The van der Waals surface area contributed by atoms with Crippen LogP contribution in [0.5, 0.6) is 0 Å². The maximum atomic E-state index is 13.0. The molecular formula is C14H12BrFN2O. The number of amides is 1. The minimum absolute atomic E-state index is 0.310. The van der Waals surface area contributed by atoms with Crippen LogP contribution in [0.3, 0.4) is 0 Å². The van der Waals surface area contributed by atoms with E-state index < -0.39 is 5.91 Å². The summed E-state index contributed by atoms with van der Waals surface area (Å²) in [6, 6.07) is 11.5. The third kappa shape index (κ3) is 3.32. The first-order chi connectivity index (χ1) is 9.08. The van der Waals surface area contributed by atoms with Crippen LogP contribution in [0.4, 0.5) is 10.1 Å². The molecule has 0 bridgehead atoms. The van der Waals surface area contributed by atoms with Crippen LogP contribution < -0.4 is 11.1 Å². The molecule has 0 radical (unpaired) electrons. The van der Waals surface area contributed by atoms with E-state index in [9.17, 15) is 9.18 Å². The second-order valence-corrected chi connectivity index (χ2v) is 4.85. The normalized spacial score (nSPS) is 10.2. The summed E-state index contributed by atoms with van der Waals surface area (Å²) >= 11 is 3.27. The van der Waals surface area contributed by atoms with Crippen LogP contribution in [0.25, 0.3) is 0 Å². The smallest absolute Gasteiger partial charge is 0.249 e. The molecule has 0 fully saturated rings. The highest BCUT2D eigenvalue weighted by molar-refractivity contribution is 9.10. The van der Waals surface area contributed by atoms with E-state index in [0.29, 0.717) is 16.6 Å². The highest BCUT2D eigenvalue weighted by Crippen LogP contribution is 2.24. The zero-order valence-corrected chi connectivity index (χ0v) is 11.6. The van der Waals surface area contributed by atoms with E-state index >= 15 is 0 Å². The van der Waals surface area contributed by atoms with Gasteiger partial charge in [-0.2, -0.15) is 0 Å². The van der Waals surface area contributed by atoms with Crippen LogP contribution in [0.2, 0.25) is 0 Å². The van der Waals surface area contributed by atoms with Gasteiger partial charge in [-0.25, -0.2) is 4.39 Å². The van der Waals surface area contributed by atoms with Crippen molar-refractivity contribution in [3.8, 4) is 0 Å². The number of benzene rings is 2. The highest BCUT2D eigenvalue weighted by Gasteiger charge is 2.07. The minimum atomic E-state index is -0.462. The fourth-order valence-corrected chi connectivity index (χ4v) is 2.23. The predicted octanol–water partition coefficient (Wildman–Crippen LogP) is 3.30. The van der Waals surface area contributed by atoms with Crippen LogP contribution in [-0.4, -0.2) is 5.91 Å². The SMILES string of the molecule is NC(=O)c1ccccc1CNc1ccc(F)cc1Br. The van der Waals surface area contributed by atoms with Crippen LogP contribution >= 0.6 is 15.9 Å². The molecular weight excluding hydrogens is 311 g/mol. The van der Waals surface area contributed by atoms with Crippen LogP contribution in [0, 0.1) is 5.82 Å². The summed E-state index contributed by atoms with van der Waals surface area (Å²) < 4.78 is 13.6. The lowest BCUT2D eigenvalue weighted by atomic mass is 10.1. The van der Waals surface area contributed by atoms with Gasteiger partial charge in [-0.1, -0.05) is 18.2 Å². The van der Waals surface area contributed by atoms with Crippen molar-refractivity contribution >= 4 is 27.5 Å². The quantitative estimate of drug-likeness (QED) is 0.907. The van der Waals surface area contributed by atoms with Gasteiger partial charge in [0, 0.05) is 22.3 Å². The zero-order valence-electron chi connectivity index (χ0n) is 9.99. The Kier molecular flexibility index (Phi) is 4.16. The molecule has 0 aromatic heterocycles. The Morgan fingerprint density at radius 1 is 1.26 bits per heavy atom. The summed E-state index contributed by atoms with van der Waals surface area (Å²) in [7, 11) is 0. The number of rotatable bonds is 4. The van der Waals surface area contributed by atoms with Gasteiger partial charge in [0.1, 0.15) is 5.82 Å². The van der Waals surface area contributed by atoms with Gasteiger partial charge in [-0.05, 0) is 45.8 Å². The van der Waals surface area contributed by atoms with Gasteiger partial charge in [-0.3, -0.25) is 4.79 Å². The van der Waals surface area contributed by atoms with Crippen molar-refractivity contribution < 1.29 is 9.18 Å². The van der Waals surface area contributed by atoms with Crippen LogP contribution in [0.1, 0.15) is 15.9 Å². The molecule has 2 rings (SSSR count). The van der Waals surface area contributed by atoms with Crippen molar-refractivity contribution in [3.63, 3.8) is 0 Å². The summed E-state index contributed by atoms with van der Waals surface area (Å²) in [6.07, 6.45) is 0. The van der Waals surface area contributed by atoms with Gasteiger partial charge in [0.25, 0.3) is 0 Å². The topological polar surface area (TPSA) is 55.1 Å². The molecule has 0 saturated carbocycles. The number of hydrogen-bond donors (Lipinski definition) is 2. The number of nitrogens with two attached hydrogens (primary N) is 1. The monoisotopic (exact) mass is 322 g/mol. The van der Waals surface area contributed by atoms with Gasteiger partial charge in [0.15, 0.2) is 0 Å². The Morgan fingerprint density at radius 3 is 2.68 bits per heavy atom. The molecule has 19 heavy (non-hydrogen) atoms. The fraction of sp³-hybridized carbons (Fsp3) is 0.0714. The molecule has 2 aromatic carbocycles. The van der Waals surface area contributed by atoms with E-state index in [1.807, 2.05) is 12.1 Å². The van der Waals surface area contributed by atoms with Crippen molar-refractivity contribution in [2.75, 3.05) is 5.32 Å². The summed E-state index contributed by atoms with van der Waals surface area (Å²) in [5, 5.41) is 3.13. The molecule has 0 spiro atoms.